The third-order valence-corrected chi connectivity index (χ3v) is 1.54. The summed E-state index contributed by atoms with van der Waals surface area (Å²) >= 11 is 3.21. The Morgan fingerprint density at radius 2 is 2.20 bits per heavy atom. The molecular weight excluding hydrogens is 198 g/mol. The molecule has 0 radical (unpaired) electrons. The molecule has 0 atom stereocenters. The second-order valence-electron chi connectivity index (χ2n) is 1.82. The van der Waals surface area contributed by atoms with Gasteiger partial charge in [0.25, 0.3) is 0 Å². The van der Waals surface area contributed by atoms with E-state index < -0.39 is 0 Å². The number of nitrogens with zero attached hydrogens (tertiary/aromatic N) is 2. The number of aromatic nitrogens is 2. The van der Waals surface area contributed by atoms with Crippen molar-refractivity contribution < 1.29 is 5.53 Å². The number of hydrogen-bond donors (Lipinski definition) is 3. The zero-order chi connectivity index (χ0) is 6.97. The van der Waals surface area contributed by atoms with E-state index in [1.807, 2.05) is 0 Å². The number of nitrogens with two attached hydrogens (primary N) is 1. The van der Waals surface area contributed by atoms with E-state index in [1.165, 1.54) is 0 Å². The first-order valence-electron chi connectivity index (χ1n) is 2.73. The molecule has 0 spiro atoms. The van der Waals surface area contributed by atoms with Gasteiger partial charge in [-0.05, 0) is 15.9 Å². The van der Waals surface area contributed by atoms with Gasteiger partial charge in [-0.2, -0.15) is 10.9 Å². The van der Waals surface area contributed by atoms with Crippen LogP contribution >= 0.6 is 15.9 Å². The summed E-state index contributed by atoms with van der Waals surface area (Å²) in [6.45, 7) is 0. The summed E-state index contributed by atoms with van der Waals surface area (Å²) < 4.78 is 0.732. The Balaban J connectivity index is 2.52. The van der Waals surface area contributed by atoms with Crippen LogP contribution in [0.1, 0.15) is 0 Å². The zero-order valence-electron chi connectivity index (χ0n) is 4.93. The topological polar surface area (TPSA) is 66.5 Å². The van der Waals surface area contributed by atoms with Gasteiger partial charge in [-0.25, -0.2) is 9.97 Å². The van der Waals surface area contributed by atoms with Gasteiger partial charge in [-0.15, -0.1) is 5.53 Å². The van der Waals surface area contributed by atoms with Crippen molar-refractivity contribution in [1.82, 2.24) is 9.97 Å². The first-order chi connectivity index (χ1) is 4.86. The molecular formula is C4H5BrN5+. The molecule has 1 aliphatic rings. The van der Waals surface area contributed by atoms with Crippen LogP contribution in [0.5, 0.6) is 0 Å². The molecule has 5 nitrogen and oxygen atoms in total. The Morgan fingerprint density at radius 3 is 3.10 bits per heavy atom. The summed E-state index contributed by atoms with van der Waals surface area (Å²) in [5, 5.41) is 0. The van der Waals surface area contributed by atoms with Crippen LogP contribution in [0.4, 0.5) is 11.6 Å². The van der Waals surface area contributed by atoms with Crippen LogP contribution in [-0.2, 0) is 0 Å². The molecule has 0 bridgehead atoms. The Labute approximate surface area is 65.3 Å². The lowest BCUT2D eigenvalue weighted by atomic mass is 10.6. The van der Waals surface area contributed by atoms with Gasteiger partial charge in [0.1, 0.15) is 4.60 Å². The van der Waals surface area contributed by atoms with Crippen molar-refractivity contribution in [2.75, 3.05) is 10.9 Å². The minimum atomic E-state index is 0.732. The third kappa shape index (κ3) is 0.812. The van der Waals surface area contributed by atoms with E-state index in [4.69, 9.17) is 0 Å². The van der Waals surface area contributed by atoms with Crippen LogP contribution in [0.3, 0.4) is 0 Å². The fraction of sp³-hybridized carbons (Fsp3) is 0. The van der Waals surface area contributed by atoms with Gasteiger partial charge in [0, 0.05) is 0 Å². The van der Waals surface area contributed by atoms with Crippen molar-refractivity contribution >= 4 is 27.6 Å². The Morgan fingerprint density at radius 1 is 1.40 bits per heavy atom. The first kappa shape index (κ1) is 5.87. The maximum Gasteiger partial charge on any atom is 0.225 e. The minimum Gasteiger partial charge on any atom is -0.229 e. The molecule has 1 aromatic rings. The van der Waals surface area contributed by atoms with E-state index in [9.17, 15) is 0 Å². The second-order valence-corrected chi connectivity index (χ2v) is 2.64. The zero-order valence-corrected chi connectivity index (χ0v) is 6.51. The van der Waals surface area contributed by atoms with Gasteiger partial charge >= 0.3 is 0 Å². The molecule has 10 heavy (non-hydrogen) atoms. The highest BCUT2D eigenvalue weighted by atomic mass is 79.9. The van der Waals surface area contributed by atoms with E-state index in [-0.39, 0.29) is 0 Å². The molecule has 0 amide bonds. The Bertz CT molecular complexity index is 262. The fourth-order valence-electron chi connectivity index (χ4n) is 0.747. The van der Waals surface area contributed by atoms with Gasteiger partial charge in [0.2, 0.25) is 11.6 Å². The molecule has 52 valence electrons. The van der Waals surface area contributed by atoms with Gasteiger partial charge in [-0.3, -0.25) is 0 Å². The molecule has 4 N–H and O–H groups in total. The van der Waals surface area contributed by atoms with Gasteiger partial charge in [0.15, 0.2) is 0 Å². The highest BCUT2D eigenvalue weighted by Gasteiger charge is 2.14. The smallest absolute Gasteiger partial charge is 0.225 e. The average molecular weight is 203 g/mol. The normalized spacial score (nSPS) is 13.7. The Kier molecular flexibility index (Phi) is 1.21. The summed E-state index contributed by atoms with van der Waals surface area (Å²) in [6.07, 6.45) is 1.65. The van der Waals surface area contributed by atoms with Crippen LogP contribution in [0.2, 0.25) is 0 Å². The lowest BCUT2D eigenvalue weighted by Gasteiger charge is -1.90. The highest BCUT2D eigenvalue weighted by molar-refractivity contribution is 9.10. The molecule has 0 aliphatic carbocycles. The van der Waals surface area contributed by atoms with Crippen LogP contribution in [0.15, 0.2) is 10.8 Å². The molecule has 0 aromatic carbocycles. The molecule has 1 aromatic heterocycles. The molecule has 0 fully saturated rings. The van der Waals surface area contributed by atoms with Crippen LogP contribution in [0, 0.1) is 0 Å². The molecule has 0 unspecified atom stereocenters. The first-order valence-corrected chi connectivity index (χ1v) is 3.53. The molecule has 6 heteroatoms. The monoisotopic (exact) mass is 202 g/mol. The quantitative estimate of drug-likeness (QED) is 0.496. The Hall–Kier alpha value is -0.880. The third-order valence-electron chi connectivity index (χ3n) is 1.16. The van der Waals surface area contributed by atoms with Crippen molar-refractivity contribution in [3.05, 3.63) is 10.8 Å². The maximum absolute atomic E-state index is 4.10. The number of hydrogen-bond acceptors (Lipinski definition) is 4. The standard InChI is InChI=1S/C4H4BrN5/c5-2-1-6-3-4(7-2)9-10-8-3/h1H,(H3,6,7,8,9,10)/p+1. The number of rotatable bonds is 0. The lowest BCUT2D eigenvalue weighted by molar-refractivity contribution is -0.588. The van der Waals surface area contributed by atoms with Gasteiger partial charge in [-0.1, -0.05) is 0 Å². The molecule has 1 aliphatic heterocycles. The van der Waals surface area contributed by atoms with Crippen molar-refractivity contribution in [3.8, 4) is 0 Å². The van der Waals surface area contributed by atoms with E-state index in [1.54, 1.807) is 11.7 Å². The van der Waals surface area contributed by atoms with Crippen LogP contribution < -0.4 is 16.4 Å². The summed E-state index contributed by atoms with van der Waals surface area (Å²) in [6, 6.07) is 0. The average Bonchev–Trinajstić information content (AvgIpc) is 2.33. The van der Waals surface area contributed by atoms with Gasteiger partial charge < -0.3 is 0 Å². The SMILES string of the molecule is Brc1cnc2c(n1)N[NH2+]N2. The van der Waals surface area contributed by atoms with E-state index in [0.717, 1.165) is 16.2 Å². The predicted octanol–water partition coefficient (Wildman–Crippen LogP) is -0.530. The summed E-state index contributed by atoms with van der Waals surface area (Å²) in [7, 11) is 0. The number of halogens is 1. The van der Waals surface area contributed by atoms with Crippen molar-refractivity contribution in [1.29, 1.82) is 0 Å². The molecule has 0 saturated heterocycles. The van der Waals surface area contributed by atoms with Crippen molar-refractivity contribution in [2.24, 2.45) is 0 Å². The largest absolute Gasteiger partial charge is 0.229 e. The predicted molar refractivity (Wildman–Crippen MR) is 38.9 cm³/mol. The molecule has 2 heterocycles. The molecule has 0 saturated carbocycles. The van der Waals surface area contributed by atoms with E-state index in [2.05, 4.69) is 36.7 Å². The van der Waals surface area contributed by atoms with Crippen LogP contribution in [0.25, 0.3) is 0 Å². The van der Waals surface area contributed by atoms with Crippen molar-refractivity contribution in [3.63, 3.8) is 0 Å². The number of quaternary nitrogens is 1. The van der Waals surface area contributed by atoms with Gasteiger partial charge in [0.05, 0.1) is 6.20 Å². The van der Waals surface area contributed by atoms with E-state index in [0.29, 0.717) is 0 Å². The fourth-order valence-corrected chi connectivity index (χ4v) is 1.03. The maximum atomic E-state index is 4.10. The minimum absolute atomic E-state index is 0.732. The summed E-state index contributed by atoms with van der Waals surface area (Å²) in [5.74, 6) is 1.53. The number of anilines is 2. The molecule has 2 rings (SSSR count). The number of nitrogens with one attached hydrogen (secondary N) is 2. The van der Waals surface area contributed by atoms with E-state index >= 15 is 0 Å². The van der Waals surface area contributed by atoms with Crippen molar-refractivity contribution in [2.45, 2.75) is 0 Å². The number of fused-ring (bicyclic) bond motifs is 1. The van der Waals surface area contributed by atoms with Crippen LogP contribution in [-0.4, -0.2) is 9.97 Å². The lowest BCUT2D eigenvalue weighted by Crippen LogP contribution is -2.89. The number of nitrogen functional groups attached to an aromatic ring is 2. The second kappa shape index (κ2) is 2.06. The summed E-state index contributed by atoms with van der Waals surface area (Å²) in [5.41, 5.74) is 7.49. The highest BCUT2D eigenvalue weighted by Crippen LogP contribution is 2.17. The summed E-state index contributed by atoms with van der Waals surface area (Å²) in [4.78, 5) is 8.15.